The average Bonchev–Trinajstić information content (AvgIpc) is 3.03. The molecule has 4 nitrogen and oxygen atoms in total. The van der Waals surface area contributed by atoms with Crippen LogP contribution < -0.4 is 5.32 Å². The van der Waals surface area contributed by atoms with E-state index in [0.717, 1.165) is 12.1 Å². The number of aromatic amines is 1. The van der Waals surface area contributed by atoms with Gasteiger partial charge in [-0.3, -0.25) is 4.79 Å². The summed E-state index contributed by atoms with van der Waals surface area (Å²) in [7, 11) is 0. The lowest BCUT2D eigenvalue weighted by Crippen LogP contribution is -2.27. The fourth-order valence-corrected chi connectivity index (χ4v) is 2.61. The molecule has 1 atom stereocenters. The number of fused-ring (bicyclic) bond motifs is 1. The lowest BCUT2D eigenvalue weighted by Gasteiger charge is -2.11. The number of alkyl halides is 3. The predicted octanol–water partition coefficient (Wildman–Crippen LogP) is 4.83. The number of carbonyl (C=O) groups excluding carboxylic acids is 1. The number of nitriles is 1. The van der Waals surface area contributed by atoms with Crippen molar-refractivity contribution < 1.29 is 18.0 Å². The molecule has 0 bridgehead atoms. The highest BCUT2D eigenvalue weighted by molar-refractivity contribution is 6.30. The van der Waals surface area contributed by atoms with Gasteiger partial charge in [-0.05, 0) is 35.9 Å². The number of H-pyrrole nitrogens is 1. The van der Waals surface area contributed by atoms with Crippen molar-refractivity contribution in [1.82, 2.24) is 10.3 Å². The summed E-state index contributed by atoms with van der Waals surface area (Å²) in [6, 6.07) is 12.0. The summed E-state index contributed by atoms with van der Waals surface area (Å²) in [5, 5.41) is 12.8. The van der Waals surface area contributed by atoms with Crippen LogP contribution >= 0.6 is 11.6 Å². The molecule has 0 aliphatic heterocycles. The number of halogens is 4. The van der Waals surface area contributed by atoms with Crippen molar-refractivity contribution in [3.05, 3.63) is 70.4 Å². The molecule has 0 radical (unpaired) electrons. The van der Waals surface area contributed by atoms with E-state index in [0.29, 0.717) is 16.0 Å². The Bertz CT molecular complexity index is 1000. The SMILES string of the molecule is N#CC(NC(=O)c1cc2ccc(C(F)(F)F)cc2[nH]1)c1ccc(Cl)cc1. The molecule has 1 amide bonds. The molecule has 3 rings (SSSR count). The molecular weight excluding hydrogens is 367 g/mol. The van der Waals surface area contributed by atoms with Gasteiger partial charge in [-0.25, -0.2) is 0 Å². The van der Waals surface area contributed by atoms with Crippen molar-refractivity contribution in [2.45, 2.75) is 12.2 Å². The van der Waals surface area contributed by atoms with E-state index < -0.39 is 23.7 Å². The van der Waals surface area contributed by atoms with Crippen LogP contribution in [0.5, 0.6) is 0 Å². The van der Waals surface area contributed by atoms with Crippen LogP contribution in [0.2, 0.25) is 5.02 Å². The number of hydrogen-bond donors (Lipinski definition) is 2. The van der Waals surface area contributed by atoms with E-state index >= 15 is 0 Å². The Morgan fingerprint density at radius 2 is 1.85 bits per heavy atom. The van der Waals surface area contributed by atoms with Crippen LogP contribution in [0, 0.1) is 11.3 Å². The Hall–Kier alpha value is -2.98. The van der Waals surface area contributed by atoms with E-state index in [2.05, 4.69) is 10.3 Å². The van der Waals surface area contributed by atoms with Crippen molar-refractivity contribution in [2.24, 2.45) is 0 Å². The maximum absolute atomic E-state index is 12.8. The van der Waals surface area contributed by atoms with Crippen molar-refractivity contribution >= 4 is 28.4 Å². The second-order valence-electron chi connectivity index (χ2n) is 5.57. The minimum absolute atomic E-state index is 0.0635. The summed E-state index contributed by atoms with van der Waals surface area (Å²) in [5.74, 6) is -0.601. The predicted molar refractivity (Wildman–Crippen MR) is 90.6 cm³/mol. The maximum Gasteiger partial charge on any atom is 0.416 e. The van der Waals surface area contributed by atoms with E-state index in [1.807, 2.05) is 6.07 Å². The summed E-state index contributed by atoms with van der Waals surface area (Å²) in [4.78, 5) is 15.0. The van der Waals surface area contributed by atoms with Gasteiger partial charge in [-0.1, -0.05) is 29.8 Å². The van der Waals surface area contributed by atoms with E-state index in [9.17, 15) is 23.2 Å². The smallest absolute Gasteiger partial charge is 0.351 e. The normalized spacial score (nSPS) is 12.6. The molecule has 1 aromatic heterocycles. The highest BCUT2D eigenvalue weighted by Gasteiger charge is 2.30. The molecule has 0 saturated carbocycles. The number of aromatic nitrogens is 1. The maximum atomic E-state index is 12.8. The van der Waals surface area contributed by atoms with E-state index in [-0.39, 0.29) is 11.2 Å². The third-order valence-electron chi connectivity index (χ3n) is 3.80. The van der Waals surface area contributed by atoms with Gasteiger partial charge in [-0.2, -0.15) is 18.4 Å². The molecule has 8 heteroatoms. The topological polar surface area (TPSA) is 68.7 Å². The lowest BCUT2D eigenvalue weighted by atomic mass is 10.1. The number of carbonyl (C=O) groups is 1. The first kappa shape index (κ1) is 17.8. The number of benzene rings is 2. The second kappa shape index (κ2) is 6.73. The second-order valence-corrected chi connectivity index (χ2v) is 6.01. The molecule has 1 unspecified atom stereocenters. The van der Waals surface area contributed by atoms with E-state index in [4.69, 9.17) is 11.6 Å². The Labute approximate surface area is 151 Å². The summed E-state index contributed by atoms with van der Waals surface area (Å²) in [6.45, 7) is 0. The van der Waals surface area contributed by atoms with Gasteiger partial charge >= 0.3 is 6.18 Å². The molecule has 0 fully saturated rings. The van der Waals surface area contributed by atoms with Gasteiger partial charge in [0, 0.05) is 15.9 Å². The fourth-order valence-electron chi connectivity index (χ4n) is 2.48. The molecule has 0 aliphatic carbocycles. The molecule has 0 saturated heterocycles. The minimum atomic E-state index is -4.47. The standard InChI is InChI=1S/C18H11ClF3N3O/c19-13-5-2-10(3-6-13)16(9-23)25-17(26)15-7-11-1-4-12(18(20,21)22)8-14(11)24-15/h1-8,16,24H,(H,25,26). The third-order valence-corrected chi connectivity index (χ3v) is 4.05. The van der Waals surface area contributed by atoms with Gasteiger partial charge < -0.3 is 10.3 Å². The summed E-state index contributed by atoms with van der Waals surface area (Å²) < 4.78 is 38.3. The van der Waals surface area contributed by atoms with Gasteiger partial charge in [0.05, 0.1) is 11.6 Å². The van der Waals surface area contributed by atoms with Crippen molar-refractivity contribution in [3.8, 4) is 6.07 Å². The number of rotatable bonds is 3. The van der Waals surface area contributed by atoms with Crippen molar-refractivity contribution in [3.63, 3.8) is 0 Å². The first-order valence-electron chi connectivity index (χ1n) is 7.44. The molecule has 132 valence electrons. The number of nitrogens with one attached hydrogen (secondary N) is 2. The molecule has 0 aliphatic rings. The zero-order valence-electron chi connectivity index (χ0n) is 13.1. The van der Waals surface area contributed by atoms with Crippen LogP contribution in [0.3, 0.4) is 0 Å². The van der Waals surface area contributed by atoms with Gasteiger partial charge in [0.2, 0.25) is 0 Å². The Morgan fingerprint density at radius 3 is 2.46 bits per heavy atom. The quantitative estimate of drug-likeness (QED) is 0.686. The fraction of sp³-hybridized carbons (Fsp3) is 0.111. The Balaban J connectivity index is 1.85. The first-order chi connectivity index (χ1) is 12.3. The largest absolute Gasteiger partial charge is 0.416 e. The van der Waals surface area contributed by atoms with Gasteiger partial charge in [0.1, 0.15) is 11.7 Å². The molecular formula is C18H11ClF3N3O. The van der Waals surface area contributed by atoms with Crippen LogP contribution in [0.1, 0.15) is 27.7 Å². The molecule has 3 aromatic rings. The summed E-state index contributed by atoms with van der Waals surface area (Å²) in [6.07, 6.45) is -4.47. The molecule has 26 heavy (non-hydrogen) atoms. The Kier molecular flexibility index (Phi) is 4.62. The molecule has 2 aromatic carbocycles. The van der Waals surface area contributed by atoms with Crippen molar-refractivity contribution in [1.29, 1.82) is 5.26 Å². The minimum Gasteiger partial charge on any atom is -0.351 e. The van der Waals surface area contributed by atoms with Crippen LogP contribution in [-0.2, 0) is 6.18 Å². The molecule has 1 heterocycles. The van der Waals surface area contributed by atoms with Gasteiger partial charge in [-0.15, -0.1) is 0 Å². The monoisotopic (exact) mass is 377 g/mol. The van der Waals surface area contributed by atoms with Crippen LogP contribution in [-0.4, -0.2) is 10.9 Å². The van der Waals surface area contributed by atoms with Crippen LogP contribution in [0.4, 0.5) is 13.2 Å². The zero-order chi connectivity index (χ0) is 18.9. The average molecular weight is 378 g/mol. The van der Waals surface area contributed by atoms with E-state index in [1.54, 1.807) is 24.3 Å². The summed E-state index contributed by atoms with van der Waals surface area (Å²) >= 11 is 5.80. The molecule has 0 spiro atoms. The Morgan fingerprint density at radius 1 is 1.15 bits per heavy atom. The lowest BCUT2D eigenvalue weighted by molar-refractivity contribution is -0.137. The van der Waals surface area contributed by atoms with Gasteiger partial charge in [0.25, 0.3) is 5.91 Å². The zero-order valence-corrected chi connectivity index (χ0v) is 13.8. The number of nitrogens with zero attached hydrogens (tertiary/aromatic N) is 1. The van der Waals surface area contributed by atoms with Crippen LogP contribution in [0.15, 0.2) is 48.5 Å². The number of amides is 1. The summed E-state index contributed by atoms with van der Waals surface area (Å²) in [5.41, 5.74) is -0.0193. The highest BCUT2D eigenvalue weighted by Crippen LogP contribution is 2.31. The van der Waals surface area contributed by atoms with Gasteiger partial charge in [0.15, 0.2) is 0 Å². The van der Waals surface area contributed by atoms with Crippen molar-refractivity contribution in [2.75, 3.05) is 0 Å². The highest BCUT2D eigenvalue weighted by atomic mass is 35.5. The number of hydrogen-bond acceptors (Lipinski definition) is 2. The first-order valence-corrected chi connectivity index (χ1v) is 7.81. The van der Waals surface area contributed by atoms with E-state index in [1.165, 1.54) is 12.1 Å². The molecule has 2 N–H and O–H groups in total. The third kappa shape index (κ3) is 3.65. The van der Waals surface area contributed by atoms with Crippen LogP contribution in [0.25, 0.3) is 10.9 Å².